The summed E-state index contributed by atoms with van der Waals surface area (Å²) in [6.45, 7) is 0. The molecule has 2 N–H and O–H groups in total. The van der Waals surface area contributed by atoms with E-state index in [4.69, 9.17) is 10.2 Å². The van der Waals surface area contributed by atoms with Crippen molar-refractivity contribution in [3.8, 4) is 0 Å². The second-order valence-corrected chi connectivity index (χ2v) is 4.63. The molecule has 1 aliphatic heterocycles. The molecular weight excluding hydrogens is 244 g/mol. The molecule has 0 aliphatic carbocycles. The first-order chi connectivity index (χ1) is 8.11. The minimum absolute atomic E-state index is 0.251. The molecule has 1 fully saturated rings. The Morgan fingerprint density at radius 2 is 2.24 bits per heavy atom. The fraction of sp³-hybridized carbons (Fsp3) is 0.300. The molecule has 90 valence electrons. The zero-order valence-electron chi connectivity index (χ0n) is 8.68. The first kappa shape index (κ1) is 11.7. The zero-order valence-corrected chi connectivity index (χ0v) is 9.50. The van der Waals surface area contributed by atoms with E-state index in [1.54, 1.807) is 24.5 Å². The molecule has 0 saturated carbocycles. The van der Waals surface area contributed by atoms with Crippen molar-refractivity contribution in [2.24, 2.45) is 0 Å². The second kappa shape index (κ2) is 4.62. The summed E-state index contributed by atoms with van der Waals surface area (Å²) in [7, 11) is 0. The van der Waals surface area contributed by atoms with E-state index in [2.05, 4.69) is 4.98 Å². The Balaban J connectivity index is 2.30. The van der Waals surface area contributed by atoms with Gasteiger partial charge in [-0.2, -0.15) is 0 Å². The minimum atomic E-state index is -1.23. The third kappa shape index (κ3) is 2.19. The fourth-order valence-corrected chi connectivity index (χ4v) is 3.11. The van der Waals surface area contributed by atoms with E-state index in [-0.39, 0.29) is 5.75 Å². The van der Waals surface area contributed by atoms with Gasteiger partial charge in [-0.25, -0.2) is 9.59 Å². The summed E-state index contributed by atoms with van der Waals surface area (Å²) >= 11 is 1.29. The molecule has 0 radical (unpaired) electrons. The molecule has 0 bridgehead atoms. The average Bonchev–Trinajstić information content (AvgIpc) is 2.74. The van der Waals surface area contributed by atoms with Gasteiger partial charge in [-0.05, 0) is 6.07 Å². The fourth-order valence-electron chi connectivity index (χ4n) is 1.71. The predicted molar refractivity (Wildman–Crippen MR) is 60.7 cm³/mol. The Kier molecular flexibility index (Phi) is 3.19. The number of amides is 1. The van der Waals surface area contributed by atoms with Gasteiger partial charge in [0.1, 0.15) is 11.4 Å². The highest BCUT2D eigenvalue weighted by atomic mass is 32.2. The smallest absolute Gasteiger partial charge is 0.409 e. The van der Waals surface area contributed by atoms with E-state index in [0.717, 1.165) is 4.90 Å². The van der Waals surface area contributed by atoms with Gasteiger partial charge in [0.25, 0.3) is 0 Å². The van der Waals surface area contributed by atoms with Crippen LogP contribution >= 0.6 is 11.8 Å². The number of carbonyl (C=O) groups is 2. The lowest BCUT2D eigenvalue weighted by molar-refractivity contribution is -0.141. The number of aliphatic carboxylic acids is 1. The topological polar surface area (TPSA) is 90.7 Å². The van der Waals surface area contributed by atoms with E-state index in [0.29, 0.717) is 5.56 Å². The van der Waals surface area contributed by atoms with Gasteiger partial charge in [-0.3, -0.25) is 9.88 Å². The van der Waals surface area contributed by atoms with Gasteiger partial charge in [-0.1, -0.05) is 6.07 Å². The summed E-state index contributed by atoms with van der Waals surface area (Å²) in [6, 6.07) is 2.44. The lowest BCUT2D eigenvalue weighted by Crippen LogP contribution is -2.42. The molecule has 1 saturated heterocycles. The van der Waals surface area contributed by atoms with E-state index in [1.807, 2.05) is 0 Å². The number of nitrogens with zero attached hydrogens (tertiary/aromatic N) is 2. The van der Waals surface area contributed by atoms with Crippen LogP contribution in [0, 0.1) is 0 Å². The molecule has 2 atom stereocenters. The maximum atomic E-state index is 11.1. The van der Waals surface area contributed by atoms with Crippen LogP contribution in [-0.2, 0) is 4.79 Å². The van der Waals surface area contributed by atoms with E-state index >= 15 is 0 Å². The molecule has 17 heavy (non-hydrogen) atoms. The van der Waals surface area contributed by atoms with Crippen LogP contribution in [-0.4, -0.2) is 44.0 Å². The molecule has 6 nitrogen and oxygen atoms in total. The standard InChI is InChI=1S/C10H10N2O4S/c13-9(14)7-5-17-8(12(7)10(15)16)6-2-1-3-11-4-6/h1-4,7-8H,5H2,(H,13,14)(H,15,16)/t7-,8-/m0/s1. The Bertz CT molecular complexity index is 439. The predicted octanol–water partition coefficient (Wildman–Crippen LogP) is 1.26. The minimum Gasteiger partial charge on any atom is -0.480 e. The van der Waals surface area contributed by atoms with E-state index < -0.39 is 23.5 Å². The number of aromatic nitrogens is 1. The Labute approximate surface area is 101 Å². The number of carboxylic acid groups (broad SMARTS) is 2. The van der Waals surface area contributed by atoms with Gasteiger partial charge < -0.3 is 10.2 Å². The zero-order chi connectivity index (χ0) is 12.4. The number of rotatable bonds is 2. The van der Waals surface area contributed by atoms with Gasteiger partial charge in [0.15, 0.2) is 0 Å². The Hall–Kier alpha value is -1.76. The van der Waals surface area contributed by atoms with Gasteiger partial charge in [0.05, 0.1) is 0 Å². The average molecular weight is 254 g/mol. The van der Waals surface area contributed by atoms with Crippen molar-refractivity contribution in [2.75, 3.05) is 5.75 Å². The molecule has 7 heteroatoms. The van der Waals surface area contributed by atoms with Crippen molar-refractivity contribution in [1.29, 1.82) is 0 Å². The summed E-state index contributed by atoms with van der Waals surface area (Å²) in [5.74, 6) is -0.868. The number of carboxylic acids is 1. The molecule has 1 aromatic rings. The highest BCUT2D eigenvalue weighted by Gasteiger charge is 2.42. The van der Waals surface area contributed by atoms with Crippen molar-refractivity contribution in [3.63, 3.8) is 0 Å². The maximum absolute atomic E-state index is 11.1. The van der Waals surface area contributed by atoms with Crippen LogP contribution in [0.5, 0.6) is 0 Å². The molecule has 0 unspecified atom stereocenters. The number of pyridine rings is 1. The number of hydrogen-bond acceptors (Lipinski definition) is 4. The third-order valence-electron chi connectivity index (χ3n) is 2.48. The lowest BCUT2D eigenvalue weighted by Gasteiger charge is -2.23. The van der Waals surface area contributed by atoms with Gasteiger partial charge in [-0.15, -0.1) is 11.8 Å². The van der Waals surface area contributed by atoms with Crippen LogP contribution in [0.1, 0.15) is 10.9 Å². The van der Waals surface area contributed by atoms with Crippen LogP contribution < -0.4 is 0 Å². The first-order valence-electron chi connectivity index (χ1n) is 4.87. The molecule has 1 amide bonds. The van der Waals surface area contributed by atoms with Crippen molar-refractivity contribution in [2.45, 2.75) is 11.4 Å². The highest BCUT2D eigenvalue weighted by Crippen LogP contribution is 2.40. The van der Waals surface area contributed by atoms with Gasteiger partial charge in [0.2, 0.25) is 0 Å². The number of hydrogen-bond donors (Lipinski definition) is 2. The number of thioether (sulfide) groups is 1. The summed E-state index contributed by atoms with van der Waals surface area (Å²) in [4.78, 5) is 27.0. The second-order valence-electron chi connectivity index (χ2n) is 3.52. The summed E-state index contributed by atoms with van der Waals surface area (Å²) in [5, 5.41) is 17.6. The molecule has 1 aromatic heterocycles. The summed E-state index contributed by atoms with van der Waals surface area (Å²) in [6.07, 6.45) is 1.91. The SMILES string of the molecule is O=C(O)[C@@H]1CS[C@@H](c2cccnc2)N1C(=O)O. The normalized spacial score (nSPS) is 23.6. The van der Waals surface area contributed by atoms with Crippen LogP contribution in [0.3, 0.4) is 0 Å². The molecule has 0 aromatic carbocycles. The van der Waals surface area contributed by atoms with E-state index in [1.165, 1.54) is 11.8 Å². The maximum Gasteiger partial charge on any atom is 0.409 e. The molecule has 0 spiro atoms. The van der Waals surface area contributed by atoms with Crippen LogP contribution in [0.15, 0.2) is 24.5 Å². The summed E-state index contributed by atoms with van der Waals surface area (Å²) < 4.78 is 0. The van der Waals surface area contributed by atoms with Crippen molar-refractivity contribution >= 4 is 23.8 Å². The van der Waals surface area contributed by atoms with E-state index in [9.17, 15) is 9.59 Å². The molecule has 2 rings (SSSR count). The van der Waals surface area contributed by atoms with Gasteiger partial charge in [0, 0.05) is 23.7 Å². The van der Waals surface area contributed by atoms with Crippen molar-refractivity contribution < 1.29 is 19.8 Å². The molecule has 2 heterocycles. The quantitative estimate of drug-likeness (QED) is 0.825. The van der Waals surface area contributed by atoms with Gasteiger partial charge >= 0.3 is 12.1 Å². The largest absolute Gasteiger partial charge is 0.480 e. The molecular formula is C10H10N2O4S. The van der Waals surface area contributed by atoms with Crippen molar-refractivity contribution in [3.05, 3.63) is 30.1 Å². The Morgan fingerprint density at radius 1 is 1.47 bits per heavy atom. The monoisotopic (exact) mass is 254 g/mol. The van der Waals surface area contributed by atoms with Crippen LogP contribution in [0.4, 0.5) is 4.79 Å². The molecule has 1 aliphatic rings. The lowest BCUT2D eigenvalue weighted by atomic mass is 10.2. The van der Waals surface area contributed by atoms with Crippen LogP contribution in [0.25, 0.3) is 0 Å². The Morgan fingerprint density at radius 3 is 2.76 bits per heavy atom. The van der Waals surface area contributed by atoms with Crippen LogP contribution in [0.2, 0.25) is 0 Å². The summed E-state index contributed by atoms with van der Waals surface area (Å²) in [5.41, 5.74) is 0.698. The highest BCUT2D eigenvalue weighted by molar-refractivity contribution is 7.99. The van der Waals surface area contributed by atoms with Crippen molar-refractivity contribution in [1.82, 2.24) is 9.88 Å². The third-order valence-corrected chi connectivity index (χ3v) is 3.80. The first-order valence-corrected chi connectivity index (χ1v) is 5.91.